The summed E-state index contributed by atoms with van der Waals surface area (Å²) >= 11 is 0. The van der Waals surface area contributed by atoms with Crippen molar-refractivity contribution in [3.8, 4) is 68.3 Å². The van der Waals surface area contributed by atoms with E-state index in [4.69, 9.17) is 32.5 Å². The Kier molecular flexibility index (Phi) is 11.2. The predicted molar refractivity (Wildman–Crippen MR) is 209 cm³/mol. The molecule has 60 heavy (non-hydrogen) atoms. The van der Waals surface area contributed by atoms with Gasteiger partial charge in [0, 0.05) is 47.0 Å². The Labute approximate surface area is 337 Å². The van der Waals surface area contributed by atoms with Gasteiger partial charge in [0.2, 0.25) is 0 Å². The second kappa shape index (κ2) is 16.2. The average Bonchev–Trinajstić information content (AvgIpc) is 3.23. The number of methoxy groups -OCH3 is 3. The number of fused-ring (bicyclic) bond motifs is 2. The molecule has 2 aromatic heterocycles. The maximum atomic E-state index is 13.9. The third-order valence-corrected chi connectivity index (χ3v) is 10.1. The van der Waals surface area contributed by atoms with Gasteiger partial charge in [-0.2, -0.15) is 0 Å². The first-order valence-corrected chi connectivity index (χ1v) is 18.1. The van der Waals surface area contributed by atoms with Crippen LogP contribution in [0, 0.1) is 0 Å². The van der Waals surface area contributed by atoms with Crippen molar-refractivity contribution in [3.63, 3.8) is 0 Å². The number of rotatable bonds is 12. The van der Waals surface area contributed by atoms with E-state index in [1.165, 1.54) is 51.7 Å². The number of aliphatic hydroxyl groups excluding tert-OH is 5. The average molecular weight is 831 g/mol. The summed E-state index contributed by atoms with van der Waals surface area (Å²) in [4.78, 5) is 40.4. The van der Waals surface area contributed by atoms with Crippen molar-refractivity contribution in [2.45, 2.75) is 42.7 Å². The maximum Gasteiger partial charge on any atom is 0.377 e. The highest BCUT2D eigenvalue weighted by Crippen LogP contribution is 2.48. The van der Waals surface area contributed by atoms with Gasteiger partial charge >= 0.3 is 11.8 Å². The number of aromatic hydroxyl groups is 2. The van der Waals surface area contributed by atoms with Crippen LogP contribution in [0.1, 0.15) is 6.42 Å². The van der Waals surface area contributed by atoms with Gasteiger partial charge in [-0.3, -0.25) is 9.59 Å². The molecule has 0 unspecified atom stereocenters. The predicted octanol–water partition coefficient (Wildman–Crippen LogP) is 2.72. The van der Waals surface area contributed by atoms with Crippen LogP contribution in [0.4, 0.5) is 0 Å². The van der Waals surface area contributed by atoms with Crippen LogP contribution in [0.25, 0.3) is 55.7 Å². The molecule has 1 fully saturated rings. The molecule has 3 heterocycles. The Bertz CT molecular complexity index is 2720. The van der Waals surface area contributed by atoms with E-state index >= 15 is 0 Å². The van der Waals surface area contributed by atoms with Crippen molar-refractivity contribution in [1.29, 1.82) is 0 Å². The number of benzene rings is 4. The van der Waals surface area contributed by atoms with E-state index in [1.54, 1.807) is 24.3 Å². The van der Waals surface area contributed by atoms with Crippen LogP contribution < -0.4 is 29.8 Å². The monoisotopic (exact) mass is 830 g/mol. The number of aliphatic hydroxyl groups is 5. The van der Waals surface area contributed by atoms with Gasteiger partial charge in [0.25, 0.3) is 0 Å². The molecule has 4 aromatic carbocycles. The lowest BCUT2D eigenvalue weighted by Crippen LogP contribution is -2.65. The fourth-order valence-electron chi connectivity index (χ4n) is 7.06. The van der Waals surface area contributed by atoms with Crippen molar-refractivity contribution in [3.05, 3.63) is 93.2 Å². The lowest BCUT2D eigenvalue weighted by atomic mass is 9.90. The number of phenolic OH excluding ortho intramolecular Hbond substituents is 2. The maximum absolute atomic E-state index is 13.9. The molecule has 8 N–H and O–H groups in total. The highest BCUT2D eigenvalue weighted by molar-refractivity contribution is 6.02. The first kappa shape index (κ1) is 41.5. The Balaban J connectivity index is 1.52. The van der Waals surface area contributed by atoms with E-state index in [0.29, 0.717) is 11.3 Å². The smallest absolute Gasteiger partial charge is 0.377 e. The lowest BCUT2D eigenvalue weighted by Gasteiger charge is -2.44. The number of carboxylic acid groups (broad SMARTS) is 1. The van der Waals surface area contributed by atoms with Gasteiger partial charge in [0.1, 0.15) is 86.8 Å². The minimum absolute atomic E-state index is 0.00881. The van der Waals surface area contributed by atoms with Crippen LogP contribution in [0.5, 0.6) is 34.5 Å². The van der Waals surface area contributed by atoms with Gasteiger partial charge in [0.15, 0.2) is 16.4 Å². The zero-order valence-corrected chi connectivity index (χ0v) is 31.9. The molecule has 18 nitrogen and oxygen atoms in total. The Morgan fingerprint density at radius 1 is 0.783 bits per heavy atom. The van der Waals surface area contributed by atoms with Gasteiger partial charge in [-0.05, 0) is 42.5 Å². The first-order chi connectivity index (χ1) is 28.6. The molecule has 314 valence electrons. The highest BCUT2D eigenvalue weighted by atomic mass is 16.7. The van der Waals surface area contributed by atoms with Crippen molar-refractivity contribution in [2.24, 2.45) is 0 Å². The molecule has 0 radical (unpaired) electrons. The molecule has 1 aliphatic rings. The topological polar surface area (TPSA) is 285 Å². The van der Waals surface area contributed by atoms with E-state index in [1.807, 2.05) is 0 Å². The number of carboxylic acids is 1. The summed E-state index contributed by atoms with van der Waals surface area (Å²) in [5.74, 6) is -5.97. The standard InChI is InChI=1S/C42H38O18/c1-54-20-7-4-18(5-8-20)30-14-25(46)36-26(47)15-33(59-42(41(52)53)16-27(48)37(50)40(60-42)38(51)28(49)17-43)34(39(36)58-30)22-10-19(6-9-29(22)56-3)31-13-24(45)35-23(44)11-21(55-2)12-32(35)57-31/h4-15,27-28,37-38,40,43-44,47-51H,16-17H2,1-3H3,(H,52,53)/t27-,28+,37+,38+,40+,42-/m0/s1. The van der Waals surface area contributed by atoms with Crippen molar-refractivity contribution in [1.82, 2.24) is 0 Å². The van der Waals surface area contributed by atoms with E-state index in [-0.39, 0.29) is 56.3 Å². The largest absolute Gasteiger partial charge is 0.507 e. The number of hydrogen-bond donors (Lipinski definition) is 8. The molecule has 0 amide bonds. The minimum atomic E-state index is -3.00. The third kappa shape index (κ3) is 7.31. The second-order valence-corrected chi connectivity index (χ2v) is 13.8. The van der Waals surface area contributed by atoms with E-state index in [2.05, 4.69) is 0 Å². The highest BCUT2D eigenvalue weighted by Gasteiger charge is 2.56. The fraction of sp³-hybridized carbons (Fsp3) is 0.262. The van der Waals surface area contributed by atoms with Gasteiger partial charge in [-0.1, -0.05) is 0 Å². The summed E-state index contributed by atoms with van der Waals surface area (Å²) in [6.45, 7) is -1.04. The second-order valence-electron chi connectivity index (χ2n) is 13.8. The van der Waals surface area contributed by atoms with Crippen LogP contribution in [0.2, 0.25) is 0 Å². The molecule has 18 heteroatoms. The molecule has 6 aromatic rings. The fourth-order valence-corrected chi connectivity index (χ4v) is 7.06. The van der Waals surface area contributed by atoms with Gasteiger partial charge in [-0.15, -0.1) is 0 Å². The molecular weight excluding hydrogens is 792 g/mol. The van der Waals surface area contributed by atoms with Crippen molar-refractivity contribution in [2.75, 3.05) is 27.9 Å². The van der Waals surface area contributed by atoms with Crippen LogP contribution >= 0.6 is 0 Å². The van der Waals surface area contributed by atoms with Crippen LogP contribution in [0.3, 0.4) is 0 Å². The van der Waals surface area contributed by atoms with Crippen LogP contribution in [0.15, 0.2) is 91.2 Å². The number of phenols is 2. The summed E-state index contributed by atoms with van der Waals surface area (Å²) in [6.07, 6.45) is -11.1. The minimum Gasteiger partial charge on any atom is -0.507 e. The molecule has 1 aliphatic heterocycles. The number of carbonyl (C=O) groups is 1. The Hall–Kier alpha value is -6.67. The zero-order valence-electron chi connectivity index (χ0n) is 31.9. The number of aliphatic carboxylic acids is 1. The number of ether oxygens (including phenoxy) is 5. The summed E-state index contributed by atoms with van der Waals surface area (Å²) < 4.78 is 40.4. The van der Waals surface area contributed by atoms with E-state index in [9.17, 15) is 55.2 Å². The molecule has 0 bridgehead atoms. The normalized spacial score (nSPS) is 20.1. The van der Waals surface area contributed by atoms with Crippen molar-refractivity contribution < 1.29 is 78.2 Å². The van der Waals surface area contributed by atoms with Gasteiger partial charge in [-0.25, -0.2) is 4.79 Å². The van der Waals surface area contributed by atoms with Crippen molar-refractivity contribution >= 4 is 27.9 Å². The molecule has 0 aliphatic carbocycles. The third-order valence-electron chi connectivity index (χ3n) is 10.1. The van der Waals surface area contributed by atoms with Crippen LogP contribution in [-0.4, -0.2) is 111 Å². The first-order valence-electron chi connectivity index (χ1n) is 18.1. The van der Waals surface area contributed by atoms with Gasteiger partial charge in [0.05, 0.1) is 46.0 Å². The Morgan fingerprint density at radius 2 is 1.42 bits per heavy atom. The summed E-state index contributed by atoms with van der Waals surface area (Å²) in [7, 11) is 4.12. The number of hydrogen-bond acceptors (Lipinski definition) is 17. The zero-order chi connectivity index (χ0) is 43.2. The summed E-state index contributed by atoms with van der Waals surface area (Å²) in [5, 5.41) is 84.2. The van der Waals surface area contributed by atoms with Crippen LogP contribution in [-0.2, 0) is 9.53 Å². The lowest BCUT2D eigenvalue weighted by molar-refractivity contribution is -0.303. The quantitative estimate of drug-likeness (QED) is 0.0880. The molecular formula is C42H38O18. The van der Waals surface area contributed by atoms with E-state index in [0.717, 1.165) is 18.2 Å². The SMILES string of the molecule is COc1ccc(-c2cc(=O)c3c(O)cc(O[C@@]4(C(=O)O)C[C@H](O)[C@@H](O)[C@H]([C@H](O)[C@H](O)CO)O4)c(-c4cc(-c5cc(=O)c6c(O)cc(OC)cc6o5)ccc4OC)c3o2)cc1. The summed E-state index contributed by atoms with van der Waals surface area (Å²) in [6, 6.07) is 16.5. The molecule has 6 atom stereocenters. The Morgan fingerprint density at radius 3 is 2.05 bits per heavy atom. The molecule has 1 saturated heterocycles. The molecule has 7 rings (SSSR count). The summed E-state index contributed by atoms with van der Waals surface area (Å²) in [5.41, 5.74) is -1.48. The van der Waals surface area contributed by atoms with Gasteiger partial charge < -0.3 is 73.4 Å². The molecule has 0 saturated carbocycles. The molecule has 0 spiro atoms. The van der Waals surface area contributed by atoms with E-state index < -0.39 is 88.8 Å².